The Morgan fingerprint density at radius 3 is 2.62 bits per heavy atom. The van der Waals surface area contributed by atoms with Gasteiger partial charge in [0.1, 0.15) is 5.82 Å². The van der Waals surface area contributed by atoms with Gasteiger partial charge in [0.15, 0.2) is 0 Å². The molecule has 0 bridgehead atoms. The molecule has 122 valence electrons. The number of rotatable bonds is 4. The lowest BCUT2D eigenvalue weighted by Crippen LogP contribution is -2.32. The molecule has 1 heterocycles. The molecule has 1 aliphatic carbocycles. The molecule has 2 N–H and O–H groups in total. The van der Waals surface area contributed by atoms with Gasteiger partial charge in [0.05, 0.1) is 11.6 Å². The Morgan fingerprint density at radius 2 is 1.88 bits per heavy atom. The quantitative estimate of drug-likeness (QED) is 0.904. The van der Waals surface area contributed by atoms with Crippen LogP contribution < -0.4 is 10.6 Å². The smallest absolute Gasteiger partial charge is 0.253 e. The fraction of sp³-hybridized carbons (Fsp3) is 0.250. The zero-order valence-electron chi connectivity index (χ0n) is 13.3. The zero-order valence-corrected chi connectivity index (χ0v) is 13.3. The Balaban J connectivity index is 1.58. The number of carbonyl (C=O) groups is 1. The molecule has 3 nitrogen and oxygen atoms in total. The first-order chi connectivity index (χ1) is 11.7. The summed E-state index contributed by atoms with van der Waals surface area (Å²) in [6, 6.07) is 14.3. The zero-order chi connectivity index (χ0) is 16.5. The van der Waals surface area contributed by atoms with Gasteiger partial charge in [-0.2, -0.15) is 0 Å². The second-order valence-electron chi connectivity index (χ2n) is 6.44. The number of halogens is 1. The number of benzene rings is 2. The van der Waals surface area contributed by atoms with E-state index in [9.17, 15) is 9.18 Å². The Labute approximate surface area is 140 Å². The molecule has 2 aliphatic rings. The van der Waals surface area contributed by atoms with Gasteiger partial charge in [0.2, 0.25) is 0 Å². The molecule has 0 radical (unpaired) electrons. The fourth-order valence-electron chi connectivity index (χ4n) is 3.26. The second kappa shape index (κ2) is 6.11. The van der Waals surface area contributed by atoms with E-state index in [-0.39, 0.29) is 17.8 Å². The van der Waals surface area contributed by atoms with E-state index in [4.69, 9.17) is 0 Å². The number of carbonyl (C=O) groups excluding carboxylic acids is 1. The fourth-order valence-corrected chi connectivity index (χ4v) is 3.26. The number of amides is 1. The molecular formula is C20H19FN2O. The molecule has 1 saturated carbocycles. The highest BCUT2D eigenvalue weighted by Gasteiger charge is 2.34. The van der Waals surface area contributed by atoms with Crippen LogP contribution in [0.25, 0.3) is 5.57 Å². The number of hydrogen-bond acceptors (Lipinski definition) is 2. The summed E-state index contributed by atoms with van der Waals surface area (Å²) in [6.45, 7) is 0.733. The van der Waals surface area contributed by atoms with E-state index in [2.05, 4.69) is 10.6 Å². The molecule has 0 saturated heterocycles. The summed E-state index contributed by atoms with van der Waals surface area (Å²) in [6.07, 6.45) is 3.97. The third-order valence-electron chi connectivity index (χ3n) is 4.70. The summed E-state index contributed by atoms with van der Waals surface area (Å²) >= 11 is 0. The lowest BCUT2D eigenvalue weighted by Gasteiger charge is -2.23. The van der Waals surface area contributed by atoms with Crippen molar-refractivity contribution in [3.8, 4) is 0 Å². The summed E-state index contributed by atoms with van der Waals surface area (Å²) in [5, 5.41) is 6.32. The van der Waals surface area contributed by atoms with Crippen molar-refractivity contribution in [2.45, 2.75) is 25.4 Å². The van der Waals surface area contributed by atoms with Crippen molar-refractivity contribution in [3.05, 3.63) is 77.2 Å². The van der Waals surface area contributed by atoms with Gasteiger partial charge < -0.3 is 10.6 Å². The van der Waals surface area contributed by atoms with Gasteiger partial charge in [-0.1, -0.05) is 36.4 Å². The maximum atomic E-state index is 13.2. The van der Waals surface area contributed by atoms with Crippen LogP contribution in [-0.4, -0.2) is 5.91 Å². The Kier molecular flexibility index (Phi) is 3.81. The van der Waals surface area contributed by atoms with Gasteiger partial charge in [-0.3, -0.25) is 4.79 Å². The van der Waals surface area contributed by atoms with E-state index in [0.29, 0.717) is 11.5 Å². The summed E-state index contributed by atoms with van der Waals surface area (Å²) in [5.74, 6) is 0.0930. The number of hydrogen-bond donors (Lipinski definition) is 2. The molecule has 4 rings (SSSR count). The molecule has 1 atom stereocenters. The van der Waals surface area contributed by atoms with Gasteiger partial charge >= 0.3 is 0 Å². The van der Waals surface area contributed by atoms with Gasteiger partial charge in [0.25, 0.3) is 5.91 Å². The molecule has 0 unspecified atom stereocenters. The van der Waals surface area contributed by atoms with Gasteiger partial charge in [0, 0.05) is 12.7 Å². The summed E-state index contributed by atoms with van der Waals surface area (Å²) in [5.41, 5.74) is 3.71. The average Bonchev–Trinajstić information content (AvgIpc) is 3.45. The van der Waals surface area contributed by atoms with Gasteiger partial charge in [-0.15, -0.1) is 0 Å². The minimum atomic E-state index is -0.257. The van der Waals surface area contributed by atoms with E-state index < -0.39 is 0 Å². The first-order valence-electron chi connectivity index (χ1n) is 8.30. The third kappa shape index (κ3) is 2.92. The molecule has 4 heteroatoms. The van der Waals surface area contributed by atoms with Crippen LogP contribution in [0.2, 0.25) is 0 Å². The summed E-state index contributed by atoms with van der Waals surface area (Å²) in [4.78, 5) is 12.9. The van der Waals surface area contributed by atoms with Gasteiger partial charge in [-0.25, -0.2) is 4.39 Å². The van der Waals surface area contributed by atoms with Crippen LogP contribution in [0.3, 0.4) is 0 Å². The van der Waals surface area contributed by atoms with Crippen molar-refractivity contribution in [2.24, 2.45) is 5.92 Å². The predicted octanol–water partition coefficient (Wildman–Crippen LogP) is 3.54. The Bertz CT molecular complexity index is 794. The lowest BCUT2D eigenvalue weighted by molar-refractivity contribution is -0.116. The Morgan fingerprint density at radius 1 is 1.12 bits per heavy atom. The summed E-state index contributed by atoms with van der Waals surface area (Å²) in [7, 11) is 0. The molecule has 1 amide bonds. The van der Waals surface area contributed by atoms with Crippen LogP contribution in [0.5, 0.6) is 0 Å². The maximum Gasteiger partial charge on any atom is 0.253 e. The SMILES string of the molecule is O=C(N[C@H](c1ccc(F)cc1)C1CC1)C1=CNCc2ccccc21. The van der Waals surface area contributed by atoms with Crippen LogP contribution in [0.1, 0.15) is 35.6 Å². The van der Waals surface area contributed by atoms with Crippen LogP contribution >= 0.6 is 0 Å². The molecule has 1 fully saturated rings. The first kappa shape index (κ1) is 14.9. The molecule has 2 aromatic rings. The highest BCUT2D eigenvalue weighted by Crippen LogP contribution is 2.41. The highest BCUT2D eigenvalue weighted by atomic mass is 19.1. The van der Waals surface area contributed by atoms with Crippen molar-refractivity contribution < 1.29 is 9.18 Å². The minimum Gasteiger partial charge on any atom is -0.386 e. The molecule has 1 aliphatic heterocycles. The van der Waals surface area contributed by atoms with E-state index in [0.717, 1.165) is 36.1 Å². The summed E-state index contributed by atoms with van der Waals surface area (Å²) < 4.78 is 13.2. The largest absolute Gasteiger partial charge is 0.386 e. The van der Waals surface area contributed by atoms with E-state index in [1.165, 1.54) is 12.1 Å². The third-order valence-corrected chi connectivity index (χ3v) is 4.70. The van der Waals surface area contributed by atoms with Gasteiger partial charge in [-0.05, 0) is 47.6 Å². The first-order valence-corrected chi connectivity index (χ1v) is 8.30. The Hall–Kier alpha value is -2.62. The maximum absolute atomic E-state index is 13.2. The van der Waals surface area contributed by atoms with Crippen molar-refractivity contribution >= 4 is 11.5 Å². The molecule has 0 aromatic heterocycles. The van der Waals surface area contributed by atoms with E-state index in [1.807, 2.05) is 24.3 Å². The number of nitrogens with one attached hydrogen (secondary N) is 2. The van der Waals surface area contributed by atoms with E-state index >= 15 is 0 Å². The minimum absolute atomic E-state index is 0.0620. The van der Waals surface area contributed by atoms with E-state index in [1.54, 1.807) is 18.3 Å². The second-order valence-corrected chi connectivity index (χ2v) is 6.44. The monoisotopic (exact) mass is 322 g/mol. The molecular weight excluding hydrogens is 303 g/mol. The molecule has 0 spiro atoms. The molecule has 2 aromatic carbocycles. The highest BCUT2D eigenvalue weighted by molar-refractivity contribution is 6.20. The predicted molar refractivity (Wildman–Crippen MR) is 91.3 cm³/mol. The van der Waals surface area contributed by atoms with Crippen LogP contribution in [-0.2, 0) is 11.3 Å². The average molecular weight is 322 g/mol. The van der Waals surface area contributed by atoms with Crippen molar-refractivity contribution in [3.63, 3.8) is 0 Å². The van der Waals surface area contributed by atoms with Crippen LogP contribution in [0, 0.1) is 11.7 Å². The molecule has 24 heavy (non-hydrogen) atoms. The van der Waals surface area contributed by atoms with Crippen LogP contribution in [0.15, 0.2) is 54.7 Å². The number of fused-ring (bicyclic) bond motifs is 1. The topological polar surface area (TPSA) is 41.1 Å². The van der Waals surface area contributed by atoms with Crippen LogP contribution in [0.4, 0.5) is 4.39 Å². The van der Waals surface area contributed by atoms with Crippen molar-refractivity contribution in [1.82, 2.24) is 10.6 Å². The van der Waals surface area contributed by atoms with Crippen molar-refractivity contribution in [2.75, 3.05) is 0 Å². The van der Waals surface area contributed by atoms with Crippen molar-refractivity contribution in [1.29, 1.82) is 0 Å². The normalized spacial score (nSPS) is 17.3. The lowest BCUT2D eigenvalue weighted by atomic mass is 9.96. The standard InChI is InChI=1S/C20H19FN2O/c21-16-9-7-14(8-10-16)19(13-5-6-13)23-20(24)18-12-22-11-15-3-1-2-4-17(15)18/h1-4,7-10,12-13,19,22H,5-6,11H2,(H,23,24)/t19-/m0/s1.